The van der Waals surface area contributed by atoms with Gasteiger partial charge < -0.3 is 20.5 Å². The van der Waals surface area contributed by atoms with Crippen LogP contribution in [-0.2, 0) is 21.4 Å². The van der Waals surface area contributed by atoms with Gasteiger partial charge in [-0.05, 0) is 19.1 Å². The Balaban J connectivity index is 1.85. The fourth-order valence-electron chi connectivity index (χ4n) is 2.15. The van der Waals surface area contributed by atoms with Crippen molar-refractivity contribution in [2.24, 2.45) is 7.05 Å². The minimum absolute atomic E-state index is 0.336. The first-order chi connectivity index (χ1) is 12.4. The van der Waals surface area contributed by atoms with Crippen LogP contribution in [0.4, 0.5) is 5.82 Å². The van der Waals surface area contributed by atoms with E-state index in [1.807, 2.05) is 0 Å². The molecule has 2 rings (SSSR count). The Morgan fingerprint density at radius 2 is 1.96 bits per heavy atom. The minimum Gasteiger partial charge on any atom is -0.454 e. The SMILES string of the molecule is Cc1cc(NC(=O)COC(=O)C(CO)NC(=O)c2ccccc2)n(C)n1. The van der Waals surface area contributed by atoms with Gasteiger partial charge in [-0.25, -0.2) is 4.79 Å². The van der Waals surface area contributed by atoms with Crippen LogP contribution in [0.5, 0.6) is 0 Å². The summed E-state index contributed by atoms with van der Waals surface area (Å²) in [7, 11) is 1.66. The molecule has 9 heteroatoms. The van der Waals surface area contributed by atoms with E-state index in [1.54, 1.807) is 50.4 Å². The van der Waals surface area contributed by atoms with Gasteiger partial charge >= 0.3 is 5.97 Å². The predicted octanol–water partition coefficient (Wildman–Crippen LogP) is 0.00112. The molecule has 0 saturated heterocycles. The Kier molecular flexibility index (Phi) is 6.45. The molecule has 0 bridgehead atoms. The molecule has 1 aromatic carbocycles. The maximum absolute atomic E-state index is 12.0. The van der Waals surface area contributed by atoms with Crippen molar-refractivity contribution in [1.29, 1.82) is 0 Å². The number of benzene rings is 1. The highest BCUT2D eigenvalue weighted by atomic mass is 16.5. The number of amides is 2. The highest BCUT2D eigenvalue weighted by Crippen LogP contribution is 2.07. The Bertz CT molecular complexity index is 788. The van der Waals surface area contributed by atoms with Crippen molar-refractivity contribution in [2.75, 3.05) is 18.5 Å². The molecular formula is C17H20N4O5. The largest absolute Gasteiger partial charge is 0.454 e. The molecule has 1 heterocycles. The number of aromatic nitrogens is 2. The monoisotopic (exact) mass is 360 g/mol. The van der Waals surface area contributed by atoms with Crippen LogP contribution < -0.4 is 10.6 Å². The van der Waals surface area contributed by atoms with Crippen LogP contribution in [0.3, 0.4) is 0 Å². The zero-order valence-electron chi connectivity index (χ0n) is 14.4. The second-order valence-corrected chi connectivity index (χ2v) is 5.53. The van der Waals surface area contributed by atoms with Crippen LogP contribution in [0.15, 0.2) is 36.4 Å². The summed E-state index contributed by atoms with van der Waals surface area (Å²) in [5, 5.41) is 18.3. The van der Waals surface area contributed by atoms with Crippen LogP contribution >= 0.6 is 0 Å². The summed E-state index contributed by atoms with van der Waals surface area (Å²) in [5.41, 5.74) is 1.06. The van der Waals surface area contributed by atoms with Gasteiger partial charge in [-0.3, -0.25) is 14.3 Å². The average Bonchev–Trinajstić information content (AvgIpc) is 2.95. The standard InChI is InChI=1S/C17H20N4O5/c1-11-8-14(21(2)20-11)19-15(23)10-26-17(25)13(9-22)18-16(24)12-6-4-3-5-7-12/h3-8,13,22H,9-10H2,1-2H3,(H,18,24)(H,19,23). The van der Waals surface area contributed by atoms with Gasteiger partial charge in [0.2, 0.25) is 0 Å². The molecule has 0 radical (unpaired) electrons. The molecule has 0 aliphatic heterocycles. The molecule has 9 nitrogen and oxygen atoms in total. The van der Waals surface area contributed by atoms with E-state index >= 15 is 0 Å². The van der Waals surface area contributed by atoms with Gasteiger partial charge in [-0.1, -0.05) is 18.2 Å². The normalized spacial score (nSPS) is 11.5. The van der Waals surface area contributed by atoms with Gasteiger partial charge in [0.1, 0.15) is 5.82 Å². The summed E-state index contributed by atoms with van der Waals surface area (Å²) < 4.78 is 6.33. The molecule has 26 heavy (non-hydrogen) atoms. The number of rotatable bonds is 7. The average molecular weight is 360 g/mol. The molecular weight excluding hydrogens is 340 g/mol. The van der Waals surface area contributed by atoms with Crippen LogP contribution in [0, 0.1) is 6.92 Å². The molecule has 0 fully saturated rings. The molecule has 2 amide bonds. The van der Waals surface area contributed by atoms with Gasteiger partial charge in [0.25, 0.3) is 11.8 Å². The second kappa shape index (κ2) is 8.77. The van der Waals surface area contributed by atoms with E-state index in [2.05, 4.69) is 15.7 Å². The predicted molar refractivity (Wildman–Crippen MR) is 92.3 cm³/mol. The lowest BCUT2D eigenvalue weighted by Gasteiger charge is -2.15. The van der Waals surface area contributed by atoms with E-state index in [0.717, 1.165) is 5.69 Å². The molecule has 3 N–H and O–H groups in total. The zero-order chi connectivity index (χ0) is 19.1. The zero-order valence-corrected chi connectivity index (χ0v) is 14.4. The van der Waals surface area contributed by atoms with E-state index in [4.69, 9.17) is 4.74 Å². The Hall–Kier alpha value is -3.20. The maximum Gasteiger partial charge on any atom is 0.331 e. The highest BCUT2D eigenvalue weighted by molar-refractivity contribution is 5.97. The fraction of sp³-hybridized carbons (Fsp3) is 0.294. The van der Waals surface area contributed by atoms with Gasteiger partial charge in [0, 0.05) is 18.7 Å². The number of nitrogens with zero attached hydrogens (tertiary/aromatic N) is 2. The van der Waals surface area contributed by atoms with Gasteiger partial charge in [0.15, 0.2) is 12.6 Å². The number of aliphatic hydroxyl groups excluding tert-OH is 1. The Morgan fingerprint density at radius 1 is 1.27 bits per heavy atom. The van der Waals surface area contributed by atoms with Gasteiger partial charge in [-0.2, -0.15) is 5.10 Å². The summed E-state index contributed by atoms with van der Waals surface area (Å²) in [4.78, 5) is 35.8. The summed E-state index contributed by atoms with van der Waals surface area (Å²) in [6, 6.07) is 8.62. The van der Waals surface area contributed by atoms with Crippen molar-refractivity contribution < 1.29 is 24.2 Å². The summed E-state index contributed by atoms with van der Waals surface area (Å²) in [6.45, 7) is 0.567. The molecule has 0 spiro atoms. The van der Waals surface area contributed by atoms with Gasteiger partial charge in [0.05, 0.1) is 12.3 Å². The van der Waals surface area contributed by atoms with E-state index < -0.39 is 37.0 Å². The second-order valence-electron chi connectivity index (χ2n) is 5.53. The molecule has 0 aliphatic rings. The number of hydrogen-bond donors (Lipinski definition) is 3. The van der Waals surface area contributed by atoms with Crippen LogP contribution in [0.1, 0.15) is 16.1 Å². The Labute approximate surface area is 150 Å². The van der Waals surface area contributed by atoms with Crippen LogP contribution in [0.2, 0.25) is 0 Å². The first-order valence-corrected chi connectivity index (χ1v) is 7.84. The number of nitrogens with one attached hydrogen (secondary N) is 2. The number of ether oxygens (including phenoxy) is 1. The van der Waals surface area contributed by atoms with Crippen molar-refractivity contribution in [3.63, 3.8) is 0 Å². The lowest BCUT2D eigenvalue weighted by atomic mass is 10.2. The summed E-state index contributed by atoms with van der Waals surface area (Å²) in [5.74, 6) is -1.54. The third-order valence-corrected chi connectivity index (χ3v) is 3.42. The highest BCUT2D eigenvalue weighted by Gasteiger charge is 2.23. The number of aliphatic hydroxyl groups is 1. The first kappa shape index (κ1) is 19.1. The smallest absolute Gasteiger partial charge is 0.331 e. The van der Waals surface area contributed by atoms with Crippen molar-refractivity contribution in [1.82, 2.24) is 15.1 Å². The first-order valence-electron chi connectivity index (χ1n) is 7.84. The number of hydrogen-bond acceptors (Lipinski definition) is 6. The third kappa shape index (κ3) is 5.15. The molecule has 2 aromatic rings. The Morgan fingerprint density at radius 3 is 2.54 bits per heavy atom. The minimum atomic E-state index is -1.27. The molecule has 1 unspecified atom stereocenters. The quantitative estimate of drug-likeness (QED) is 0.598. The van der Waals surface area contributed by atoms with E-state index in [9.17, 15) is 19.5 Å². The molecule has 138 valence electrons. The summed E-state index contributed by atoms with van der Waals surface area (Å²) >= 11 is 0. The number of carbonyl (C=O) groups is 3. The van der Waals surface area contributed by atoms with Crippen LogP contribution in [-0.4, -0.2) is 51.9 Å². The van der Waals surface area contributed by atoms with E-state index in [0.29, 0.717) is 11.4 Å². The number of carbonyl (C=O) groups excluding carboxylic acids is 3. The molecule has 0 saturated carbocycles. The molecule has 1 aromatic heterocycles. The number of anilines is 1. The summed E-state index contributed by atoms with van der Waals surface area (Å²) in [6.07, 6.45) is 0. The fourth-order valence-corrected chi connectivity index (χ4v) is 2.15. The van der Waals surface area contributed by atoms with Crippen molar-refractivity contribution in [2.45, 2.75) is 13.0 Å². The van der Waals surface area contributed by atoms with Crippen molar-refractivity contribution in [3.8, 4) is 0 Å². The maximum atomic E-state index is 12.0. The number of aryl methyl sites for hydroxylation is 2. The molecule has 0 aliphatic carbocycles. The van der Waals surface area contributed by atoms with Gasteiger partial charge in [-0.15, -0.1) is 0 Å². The van der Waals surface area contributed by atoms with Crippen LogP contribution in [0.25, 0.3) is 0 Å². The lowest BCUT2D eigenvalue weighted by Crippen LogP contribution is -2.45. The third-order valence-electron chi connectivity index (χ3n) is 3.42. The van der Waals surface area contributed by atoms with E-state index in [1.165, 1.54) is 4.68 Å². The van der Waals surface area contributed by atoms with Crippen molar-refractivity contribution in [3.05, 3.63) is 47.7 Å². The number of esters is 1. The molecule has 1 atom stereocenters. The van der Waals surface area contributed by atoms with Crippen molar-refractivity contribution >= 4 is 23.6 Å². The lowest BCUT2D eigenvalue weighted by molar-refractivity contribution is -0.150. The topological polar surface area (TPSA) is 123 Å². The van der Waals surface area contributed by atoms with E-state index in [-0.39, 0.29) is 0 Å².